The van der Waals surface area contributed by atoms with Gasteiger partial charge in [0.05, 0.1) is 5.02 Å². The van der Waals surface area contributed by atoms with Crippen LogP contribution >= 0.6 is 11.6 Å². The molecule has 11 heavy (non-hydrogen) atoms. The largest absolute Gasteiger partial charge is 0.872 e. The zero-order chi connectivity index (χ0) is 8.43. The van der Waals surface area contributed by atoms with Crippen molar-refractivity contribution in [1.82, 2.24) is 0 Å². The minimum Gasteiger partial charge on any atom is -0.872 e. The monoisotopic (exact) mass is 174 g/mol. The molecule has 1 aromatic rings. The first-order chi connectivity index (χ1) is 5.11. The van der Waals surface area contributed by atoms with E-state index < -0.39 is 0 Å². The van der Waals surface area contributed by atoms with Gasteiger partial charge in [-0.1, -0.05) is 17.7 Å². The van der Waals surface area contributed by atoms with E-state index in [1.54, 1.807) is 0 Å². The van der Waals surface area contributed by atoms with Gasteiger partial charge in [0.25, 0.3) is 0 Å². The van der Waals surface area contributed by atoms with Gasteiger partial charge in [0, 0.05) is 0 Å². The number of halogens is 1. The summed E-state index contributed by atoms with van der Waals surface area (Å²) < 4.78 is 0. The molecule has 0 aliphatic heterocycles. The highest BCUT2D eigenvalue weighted by Crippen LogP contribution is 2.26. The van der Waals surface area contributed by atoms with Crippen LogP contribution in [0.1, 0.15) is 0 Å². The number of anilines is 1. The van der Waals surface area contributed by atoms with E-state index in [-0.39, 0.29) is 21.7 Å². The molecule has 0 saturated heterocycles. The van der Waals surface area contributed by atoms with Crippen molar-refractivity contribution < 1.29 is 15.5 Å². The number of benzene rings is 1. The van der Waals surface area contributed by atoms with Crippen LogP contribution in [0, 0.1) is 0 Å². The highest BCUT2D eigenvalue weighted by molar-refractivity contribution is 6.33. The molecule has 0 aromatic heterocycles. The van der Waals surface area contributed by atoms with Crippen molar-refractivity contribution in [2.45, 2.75) is 0 Å². The van der Waals surface area contributed by atoms with Crippen LogP contribution in [0.4, 0.5) is 5.69 Å². The molecule has 0 heterocycles. The van der Waals surface area contributed by atoms with Gasteiger partial charge in [-0.2, -0.15) is 0 Å². The van der Waals surface area contributed by atoms with Crippen LogP contribution in [0.2, 0.25) is 5.02 Å². The fourth-order valence-corrected chi connectivity index (χ4v) is 0.839. The summed E-state index contributed by atoms with van der Waals surface area (Å²) >= 11 is 5.49. The number of hydrogen-bond acceptors (Lipinski definition) is 4. The quantitative estimate of drug-likeness (QED) is 0.624. The van der Waals surface area contributed by atoms with Gasteiger partial charge in [0.2, 0.25) is 0 Å². The fourth-order valence-electron chi connectivity index (χ4n) is 0.646. The Morgan fingerprint density at radius 2 is 2.00 bits per heavy atom. The van der Waals surface area contributed by atoms with Gasteiger partial charge < -0.3 is 5.11 Å². The molecule has 60 valence electrons. The Morgan fingerprint density at radius 1 is 1.36 bits per heavy atom. The van der Waals surface area contributed by atoms with Crippen LogP contribution < -0.4 is 10.3 Å². The van der Waals surface area contributed by atoms with E-state index >= 15 is 0 Å². The van der Waals surface area contributed by atoms with E-state index in [2.05, 4.69) is 0 Å². The average Bonchev–Trinajstić information content (AvgIpc) is 1.94. The maximum atomic E-state index is 10.6. The summed E-state index contributed by atoms with van der Waals surface area (Å²) in [7, 11) is 0. The maximum absolute atomic E-state index is 10.6. The Hall–Kier alpha value is -0.970. The summed E-state index contributed by atoms with van der Waals surface area (Å²) in [4.78, 5) is 0. The third-order valence-corrected chi connectivity index (χ3v) is 1.45. The van der Waals surface area contributed by atoms with Crippen LogP contribution in [0.3, 0.4) is 0 Å². The van der Waals surface area contributed by atoms with Crippen LogP contribution in [0.15, 0.2) is 18.2 Å². The summed E-state index contributed by atoms with van der Waals surface area (Å²) in [5.41, 5.74) is -0.126. The molecule has 5 heteroatoms. The predicted octanol–water partition coefficient (Wildman–Crippen LogP) is 0.998. The molecule has 0 aliphatic carbocycles. The Kier molecular flexibility index (Phi) is 2.19. The number of rotatable bonds is 1. The van der Waals surface area contributed by atoms with E-state index in [0.29, 0.717) is 0 Å². The van der Waals surface area contributed by atoms with Gasteiger partial charge in [-0.15, -0.1) is 11.0 Å². The van der Waals surface area contributed by atoms with Crippen molar-refractivity contribution in [2.24, 2.45) is 0 Å². The van der Waals surface area contributed by atoms with Gasteiger partial charge in [-0.05, 0) is 12.1 Å². The highest BCUT2D eigenvalue weighted by atomic mass is 35.5. The molecule has 0 saturated carbocycles. The summed E-state index contributed by atoms with van der Waals surface area (Å²) in [5, 5.41) is 27.5. The molecule has 0 spiro atoms. The lowest BCUT2D eigenvalue weighted by molar-refractivity contribution is -0.268. The second-order valence-corrected chi connectivity index (χ2v) is 2.31. The topological polar surface area (TPSA) is 66.8 Å². The predicted molar refractivity (Wildman–Crippen MR) is 36.9 cm³/mol. The molecule has 0 radical (unpaired) electrons. The summed E-state index contributed by atoms with van der Waals surface area (Å²) in [6.45, 7) is 0. The standard InChI is InChI=1S/C6H6ClNO3/c7-5-2-1-4(9)3-6(5)8(10)11/h1-3,9-11H/p-1. The van der Waals surface area contributed by atoms with E-state index in [0.717, 1.165) is 6.07 Å². The van der Waals surface area contributed by atoms with Crippen molar-refractivity contribution in [3.8, 4) is 5.75 Å². The first-order valence-corrected chi connectivity index (χ1v) is 3.13. The summed E-state index contributed by atoms with van der Waals surface area (Å²) in [5.74, 6) is -0.336. The van der Waals surface area contributed by atoms with Crippen LogP contribution in [-0.2, 0) is 0 Å². The molecule has 0 fully saturated rings. The molecule has 0 amide bonds. The molecule has 0 unspecified atom stereocenters. The molecule has 0 bridgehead atoms. The Labute approximate surface area is 67.8 Å². The zero-order valence-electron chi connectivity index (χ0n) is 5.36. The lowest BCUT2D eigenvalue weighted by atomic mass is 10.3. The van der Waals surface area contributed by atoms with Crippen molar-refractivity contribution in [1.29, 1.82) is 0 Å². The Bertz CT molecular complexity index is 264. The first kappa shape index (κ1) is 8.13. The normalized spacial score (nSPS) is 9.73. The average molecular weight is 175 g/mol. The highest BCUT2D eigenvalue weighted by Gasteiger charge is 2.02. The maximum Gasteiger partial charge on any atom is 0.112 e. The smallest absolute Gasteiger partial charge is 0.112 e. The number of nitrogens with zero attached hydrogens (tertiary/aromatic N) is 1. The third-order valence-electron chi connectivity index (χ3n) is 1.13. The molecular formula is C6H5ClNO3-. The first-order valence-electron chi connectivity index (χ1n) is 2.75. The minimum atomic E-state index is -0.336. The van der Waals surface area contributed by atoms with Crippen LogP contribution in [-0.4, -0.2) is 10.4 Å². The SMILES string of the molecule is [O-]c1ccc(Cl)c(N(O)O)c1. The zero-order valence-corrected chi connectivity index (χ0v) is 6.12. The molecule has 4 nitrogen and oxygen atoms in total. The summed E-state index contributed by atoms with van der Waals surface area (Å²) in [6.07, 6.45) is 0. The molecule has 1 aromatic carbocycles. The second-order valence-electron chi connectivity index (χ2n) is 1.90. The van der Waals surface area contributed by atoms with Gasteiger partial charge in [0.15, 0.2) is 0 Å². The van der Waals surface area contributed by atoms with E-state index in [1.165, 1.54) is 12.1 Å². The third kappa shape index (κ3) is 1.74. The molecular weight excluding hydrogens is 170 g/mol. The Morgan fingerprint density at radius 3 is 2.45 bits per heavy atom. The second kappa shape index (κ2) is 2.96. The van der Waals surface area contributed by atoms with E-state index in [9.17, 15) is 5.11 Å². The molecule has 1 rings (SSSR count). The number of hydrogen-bond donors (Lipinski definition) is 2. The molecule has 0 atom stereocenters. The van der Waals surface area contributed by atoms with Gasteiger partial charge in [0.1, 0.15) is 5.69 Å². The van der Waals surface area contributed by atoms with Crippen molar-refractivity contribution in [2.75, 3.05) is 5.23 Å². The van der Waals surface area contributed by atoms with E-state index in [4.69, 9.17) is 22.0 Å². The van der Waals surface area contributed by atoms with E-state index in [1.807, 2.05) is 0 Å². The van der Waals surface area contributed by atoms with Gasteiger partial charge in [-0.25, -0.2) is 0 Å². The van der Waals surface area contributed by atoms with Crippen molar-refractivity contribution in [3.63, 3.8) is 0 Å². The summed E-state index contributed by atoms with van der Waals surface area (Å²) in [6, 6.07) is 3.54. The van der Waals surface area contributed by atoms with Crippen LogP contribution in [0.5, 0.6) is 5.75 Å². The van der Waals surface area contributed by atoms with Crippen molar-refractivity contribution >= 4 is 17.3 Å². The van der Waals surface area contributed by atoms with Crippen LogP contribution in [0.25, 0.3) is 0 Å². The lowest BCUT2D eigenvalue weighted by Gasteiger charge is -2.13. The molecule has 0 aliphatic rings. The molecule has 2 N–H and O–H groups in total. The van der Waals surface area contributed by atoms with Gasteiger partial charge >= 0.3 is 0 Å². The lowest BCUT2D eigenvalue weighted by Crippen LogP contribution is -2.11. The van der Waals surface area contributed by atoms with Gasteiger partial charge in [-0.3, -0.25) is 10.4 Å². The minimum absolute atomic E-state index is 0.106. The Balaban J connectivity index is 3.13. The fraction of sp³-hybridized carbons (Fsp3) is 0. The van der Waals surface area contributed by atoms with Crippen molar-refractivity contribution in [3.05, 3.63) is 23.2 Å².